The molecule has 2 atom stereocenters. The zero-order chi connectivity index (χ0) is 11.0. The summed E-state index contributed by atoms with van der Waals surface area (Å²) in [4.78, 5) is 1.58. The Labute approximate surface area is 101 Å². The van der Waals surface area contributed by atoms with Crippen LogP contribution in [0, 0.1) is 5.92 Å². The lowest BCUT2D eigenvalue weighted by molar-refractivity contribution is 0.139. The van der Waals surface area contributed by atoms with Crippen LogP contribution in [0.2, 0.25) is 0 Å². The summed E-state index contributed by atoms with van der Waals surface area (Å²) in [6, 6.07) is 2.31. The van der Waals surface area contributed by atoms with E-state index in [2.05, 4.69) is 23.7 Å². The fraction of sp³-hybridized carbons (Fsp3) is 0.692. The normalized spacial score (nSPS) is 33.9. The first-order valence-electron chi connectivity index (χ1n) is 6.26. The molecule has 3 heterocycles. The molecule has 0 radical (unpaired) electrons. The molecule has 16 heavy (non-hydrogen) atoms. The monoisotopic (exact) mass is 237 g/mol. The van der Waals surface area contributed by atoms with Crippen LogP contribution >= 0.6 is 11.3 Å². The maximum atomic E-state index is 5.59. The lowest BCUT2D eigenvalue weighted by Gasteiger charge is -2.42. The van der Waals surface area contributed by atoms with Crippen LogP contribution in [0.1, 0.15) is 30.2 Å². The van der Waals surface area contributed by atoms with Crippen molar-refractivity contribution < 1.29 is 4.74 Å². The summed E-state index contributed by atoms with van der Waals surface area (Å²) in [5.41, 5.74) is 1.77. The van der Waals surface area contributed by atoms with Crippen molar-refractivity contribution >= 4 is 11.3 Å². The van der Waals surface area contributed by atoms with E-state index in [9.17, 15) is 0 Å². The average molecular weight is 237 g/mol. The van der Waals surface area contributed by atoms with Gasteiger partial charge in [0.2, 0.25) is 0 Å². The van der Waals surface area contributed by atoms with Crippen LogP contribution in [-0.4, -0.2) is 19.8 Å². The Hall–Kier alpha value is -0.380. The summed E-state index contributed by atoms with van der Waals surface area (Å²) in [5.74, 6) is 0.662. The van der Waals surface area contributed by atoms with Crippen molar-refractivity contribution in [1.82, 2.24) is 5.32 Å². The van der Waals surface area contributed by atoms with E-state index < -0.39 is 0 Å². The molecule has 1 fully saturated rings. The second-order valence-electron chi connectivity index (χ2n) is 4.84. The van der Waals surface area contributed by atoms with E-state index >= 15 is 0 Å². The lowest BCUT2D eigenvalue weighted by Crippen LogP contribution is -2.51. The number of fused-ring (bicyclic) bond motifs is 1. The van der Waals surface area contributed by atoms with Crippen LogP contribution in [0.25, 0.3) is 0 Å². The minimum absolute atomic E-state index is 0.207. The van der Waals surface area contributed by atoms with Gasteiger partial charge in [0.05, 0.1) is 12.1 Å². The molecule has 1 aromatic heterocycles. The van der Waals surface area contributed by atoms with Crippen molar-refractivity contribution in [3.63, 3.8) is 0 Å². The first-order chi connectivity index (χ1) is 7.87. The van der Waals surface area contributed by atoms with E-state index in [0.717, 1.165) is 19.8 Å². The SMILES string of the molecule is CCC1(C2CCOC2)NCCc2ccsc21. The van der Waals surface area contributed by atoms with Gasteiger partial charge in [-0.2, -0.15) is 0 Å². The van der Waals surface area contributed by atoms with Gasteiger partial charge >= 0.3 is 0 Å². The van der Waals surface area contributed by atoms with Crippen molar-refractivity contribution in [3.05, 3.63) is 21.9 Å². The van der Waals surface area contributed by atoms with Crippen LogP contribution in [-0.2, 0) is 16.7 Å². The molecule has 0 saturated carbocycles. The van der Waals surface area contributed by atoms with Crippen LogP contribution in [0.5, 0.6) is 0 Å². The second-order valence-corrected chi connectivity index (χ2v) is 5.75. The molecule has 0 bridgehead atoms. The Bertz CT molecular complexity index is 370. The summed E-state index contributed by atoms with van der Waals surface area (Å²) in [6.45, 7) is 5.29. The molecule has 1 aromatic rings. The quantitative estimate of drug-likeness (QED) is 0.853. The van der Waals surface area contributed by atoms with Crippen molar-refractivity contribution in [3.8, 4) is 0 Å². The number of hydrogen-bond donors (Lipinski definition) is 1. The second kappa shape index (κ2) is 4.13. The van der Waals surface area contributed by atoms with E-state index in [-0.39, 0.29) is 5.54 Å². The van der Waals surface area contributed by atoms with Gasteiger partial charge < -0.3 is 10.1 Å². The fourth-order valence-electron chi connectivity index (χ4n) is 3.25. The lowest BCUT2D eigenvalue weighted by atomic mass is 9.76. The number of hydrogen-bond acceptors (Lipinski definition) is 3. The fourth-order valence-corrected chi connectivity index (χ4v) is 4.54. The molecular weight excluding hydrogens is 218 g/mol. The molecule has 2 nitrogen and oxygen atoms in total. The third-order valence-corrected chi connectivity index (χ3v) is 5.31. The van der Waals surface area contributed by atoms with Gasteiger partial charge in [-0.1, -0.05) is 6.92 Å². The Balaban J connectivity index is 2.02. The summed E-state index contributed by atoms with van der Waals surface area (Å²) in [6.07, 6.45) is 3.57. The Morgan fingerprint density at radius 2 is 2.56 bits per heavy atom. The molecule has 2 aliphatic rings. The third kappa shape index (κ3) is 1.45. The van der Waals surface area contributed by atoms with Crippen molar-refractivity contribution in [2.45, 2.75) is 31.7 Å². The Kier molecular flexibility index (Phi) is 2.78. The van der Waals surface area contributed by atoms with Gasteiger partial charge in [0, 0.05) is 23.9 Å². The van der Waals surface area contributed by atoms with Crippen LogP contribution < -0.4 is 5.32 Å². The summed E-state index contributed by atoms with van der Waals surface area (Å²) >= 11 is 1.93. The first kappa shape index (κ1) is 10.8. The molecule has 1 saturated heterocycles. The minimum Gasteiger partial charge on any atom is -0.381 e. The third-order valence-electron chi connectivity index (χ3n) is 4.17. The minimum atomic E-state index is 0.207. The van der Waals surface area contributed by atoms with E-state index in [0.29, 0.717) is 5.92 Å². The van der Waals surface area contributed by atoms with Crippen molar-refractivity contribution in [2.24, 2.45) is 5.92 Å². The molecule has 1 N–H and O–H groups in total. The Morgan fingerprint density at radius 3 is 3.31 bits per heavy atom. The summed E-state index contributed by atoms with van der Waals surface area (Å²) < 4.78 is 5.59. The number of rotatable bonds is 2. The topological polar surface area (TPSA) is 21.3 Å². The maximum Gasteiger partial charge on any atom is 0.0580 e. The zero-order valence-electron chi connectivity index (χ0n) is 9.79. The van der Waals surface area contributed by atoms with Crippen molar-refractivity contribution in [1.29, 1.82) is 0 Å². The molecule has 88 valence electrons. The molecule has 0 aliphatic carbocycles. The largest absolute Gasteiger partial charge is 0.381 e. The van der Waals surface area contributed by atoms with E-state index in [1.54, 1.807) is 10.4 Å². The van der Waals surface area contributed by atoms with Crippen molar-refractivity contribution in [2.75, 3.05) is 19.8 Å². The van der Waals surface area contributed by atoms with E-state index in [1.165, 1.54) is 19.3 Å². The van der Waals surface area contributed by atoms with E-state index in [4.69, 9.17) is 4.74 Å². The molecule has 0 aromatic carbocycles. The molecular formula is C13H19NOS. The van der Waals surface area contributed by atoms with Gasteiger partial charge in [-0.25, -0.2) is 0 Å². The smallest absolute Gasteiger partial charge is 0.0580 e. The molecule has 3 heteroatoms. The highest BCUT2D eigenvalue weighted by atomic mass is 32.1. The highest BCUT2D eigenvalue weighted by molar-refractivity contribution is 7.10. The summed E-state index contributed by atoms with van der Waals surface area (Å²) in [5, 5.41) is 6.04. The van der Waals surface area contributed by atoms with Gasteiger partial charge in [0.15, 0.2) is 0 Å². The predicted octanol–water partition coefficient (Wildman–Crippen LogP) is 2.54. The zero-order valence-corrected chi connectivity index (χ0v) is 10.6. The maximum absolute atomic E-state index is 5.59. The van der Waals surface area contributed by atoms with Crippen LogP contribution in [0.3, 0.4) is 0 Å². The molecule has 0 amide bonds. The van der Waals surface area contributed by atoms with Crippen LogP contribution in [0.4, 0.5) is 0 Å². The van der Waals surface area contributed by atoms with Gasteiger partial charge in [-0.3, -0.25) is 0 Å². The molecule has 2 unspecified atom stereocenters. The first-order valence-corrected chi connectivity index (χ1v) is 7.14. The number of ether oxygens (including phenoxy) is 1. The van der Waals surface area contributed by atoms with Gasteiger partial charge in [0.25, 0.3) is 0 Å². The van der Waals surface area contributed by atoms with Gasteiger partial charge in [-0.15, -0.1) is 11.3 Å². The van der Waals surface area contributed by atoms with E-state index in [1.807, 2.05) is 11.3 Å². The standard InChI is InChI=1S/C13H19NOS/c1-2-13(11-4-7-15-9-11)12-10(3-6-14-13)5-8-16-12/h5,8,11,14H,2-4,6-7,9H2,1H3. The molecule has 3 rings (SSSR count). The predicted molar refractivity (Wildman–Crippen MR) is 66.9 cm³/mol. The molecule has 0 spiro atoms. The summed E-state index contributed by atoms with van der Waals surface area (Å²) in [7, 11) is 0. The Morgan fingerprint density at radius 1 is 1.62 bits per heavy atom. The highest BCUT2D eigenvalue weighted by Gasteiger charge is 2.44. The van der Waals surface area contributed by atoms with Crippen LogP contribution in [0.15, 0.2) is 11.4 Å². The highest BCUT2D eigenvalue weighted by Crippen LogP contribution is 2.43. The van der Waals surface area contributed by atoms with Gasteiger partial charge in [0.1, 0.15) is 0 Å². The number of thiophene rings is 1. The van der Waals surface area contributed by atoms with Gasteiger partial charge in [-0.05, 0) is 36.3 Å². The molecule has 2 aliphatic heterocycles. The number of nitrogens with one attached hydrogen (secondary N) is 1. The average Bonchev–Trinajstić information content (AvgIpc) is 2.99.